The smallest absolute Gasteiger partial charge is 0.234 e. The minimum atomic E-state index is 0.115. The molecule has 0 spiro atoms. The van der Waals surface area contributed by atoms with Crippen molar-refractivity contribution in [3.05, 3.63) is 71.8 Å². The summed E-state index contributed by atoms with van der Waals surface area (Å²) in [5.41, 5.74) is 2.53. The largest absolute Gasteiger partial charge is 0.377 e. The van der Waals surface area contributed by atoms with Crippen molar-refractivity contribution in [3.63, 3.8) is 0 Å². The van der Waals surface area contributed by atoms with Gasteiger partial charge in [-0.15, -0.1) is 0 Å². The molecule has 1 saturated heterocycles. The van der Waals surface area contributed by atoms with Crippen LogP contribution in [0, 0.1) is 0 Å². The molecule has 156 valence electrons. The van der Waals surface area contributed by atoms with Gasteiger partial charge in [-0.25, -0.2) is 0 Å². The van der Waals surface area contributed by atoms with Crippen molar-refractivity contribution in [2.24, 2.45) is 0 Å². The standard InChI is InChI=1S/C24H33N3O2/c28-24(25-13-7-18-29-21-23-11-5-2-6-12-23)20-27-15-8-14-26(16-17-27)19-22-9-3-1-4-10-22/h1-6,9-12H,7-8,13-21H2,(H,25,28). The fraction of sp³-hybridized carbons (Fsp3) is 0.458. The molecule has 2 aromatic rings. The van der Waals surface area contributed by atoms with E-state index in [4.69, 9.17) is 4.74 Å². The summed E-state index contributed by atoms with van der Waals surface area (Å²) >= 11 is 0. The fourth-order valence-electron chi connectivity index (χ4n) is 3.61. The van der Waals surface area contributed by atoms with Crippen molar-refractivity contribution >= 4 is 5.91 Å². The van der Waals surface area contributed by atoms with Crippen LogP contribution in [0.15, 0.2) is 60.7 Å². The Bertz CT molecular complexity index is 709. The number of nitrogens with one attached hydrogen (secondary N) is 1. The second-order valence-corrected chi connectivity index (χ2v) is 7.63. The summed E-state index contributed by atoms with van der Waals surface area (Å²) in [6.07, 6.45) is 1.94. The van der Waals surface area contributed by atoms with Crippen LogP contribution >= 0.6 is 0 Å². The fourth-order valence-corrected chi connectivity index (χ4v) is 3.61. The van der Waals surface area contributed by atoms with Crippen molar-refractivity contribution in [3.8, 4) is 0 Å². The molecule has 0 atom stereocenters. The van der Waals surface area contributed by atoms with E-state index in [1.54, 1.807) is 0 Å². The second-order valence-electron chi connectivity index (χ2n) is 7.63. The Morgan fingerprint density at radius 3 is 2.28 bits per heavy atom. The lowest BCUT2D eigenvalue weighted by Crippen LogP contribution is -2.39. The Morgan fingerprint density at radius 1 is 0.862 bits per heavy atom. The van der Waals surface area contributed by atoms with E-state index in [-0.39, 0.29) is 5.91 Å². The maximum absolute atomic E-state index is 12.2. The average molecular weight is 396 g/mol. The molecule has 2 aromatic carbocycles. The summed E-state index contributed by atoms with van der Waals surface area (Å²) in [4.78, 5) is 17.0. The third-order valence-electron chi connectivity index (χ3n) is 5.20. The summed E-state index contributed by atoms with van der Waals surface area (Å²) in [6, 6.07) is 20.8. The molecule has 1 fully saturated rings. The lowest BCUT2D eigenvalue weighted by atomic mass is 10.2. The van der Waals surface area contributed by atoms with E-state index >= 15 is 0 Å². The monoisotopic (exact) mass is 395 g/mol. The molecule has 5 heteroatoms. The molecule has 3 rings (SSSR count). The highest BCUT2D eigenvalue weighted by Gasteiger charge is 2.17. The highest BCUT2D eigenvalue weighted by atomic mass is 16.5. The molecular weight excluding hydrogens is 362 g/mol. The molecule has 1 aliphatic heterocycles. The number of carbonyl (C=O) groups excluding carboxylic acids is 1. The predicted octanol–water partition coefficient (Wildman–Crippen LogP) is 2.92. The Hall–Kier alpha value is -2.21. The van der Waals surface area contributed by atoms with Gasteiger partial charge in [0, 0.05) is 32.8 Å². The zero-order valence-corrected chi connectivity index (χ0v) is 17.3. The first-order valence-corrected chi connectivity index (χ1v) is 10.7. The van der Waals surface area contributed by atoms with Gasteiger partial charge in [0.1, 0.15) is 0 Å². The zero-order valence-electron chi connectivity index (χ0n) is 17.3. The highest BCUT2D eigenvalue weighted by molar-refractivity contribution is 5.77. The van der Waals surface area contributed by atoms with Crippen LogP contribution in [0.5, 0.6) is 0 Å². The molecule has 0 bridgehead atoms. The van der Waals surface area contributed by atoms with E-state index in [2.05, 4.69) is 57.6 Å². The van der Waals surface area contributed by atoms with Gasteiger partial charge < -0.3 is 10.1 Å². The maximum Gasteiger partial charge on any atom is 0.234 e. The van der Waals surface area contributed by atoms with Crippen LogP contribution in [0.2, 0.25) is 0 Å². The number of carbonyl (C=O) groups is 1. The van der Waals surface area contributed by atoms with Crippen molar-refractivity contribution in [1.82, 2.24) is 15.1 Å². The number of benzene rings is 2. The van der Waals surface area contributed by atoms with Gasteiger partial charge in [-0.1, -0.05) is 60.7 Å². The van der Waals surface area contributed by atoms with E-state index in [0.717, 1.165) is 45.6 Å². The first-order chi connectivity index (χ1) is 14.3. The predicted molar refractivity (Wildman–Crippen MR) is 117 cm³/mol. The number of nitrogens with zero attached hydrogens (tertiary/aromatic N) is 2. The Labute approximate surface area is 174 Å². The minimum absolute atomic E-state index is 0.115. The number of rotatable bonds is 10. The van der Waals surface area contributed by atoms with Crippen LogP contribution in [0.3, 0.4) is 0 Å². The van der Waals surface area contributed by atoms with Gasteiger partial charge in [0.25, 0.3) is 0 Å². The molecule has 1 N–H and O–H groups in total. The van der Waals surface area contributed by atoms with Gasteiger partial charge in [-0.3, -0.25) is 14.6 Å². The van der Waals surface area contributed by atoms with E-state index in [1.807, 2.05) is 18.2 Å². The Balaban J connectivity index is 1.25. The summed E-state index contributed by atoms with van der Waals surface area (Å²) < 4.78 is 5.66. The van der Waals surface area contributed by atoms with E-state index < -0.39 is 0 Å². The summed E-state index contributed by atoms with van der Waals surface area (Å²) in [6.45, 7) is 7.46. The van der Waals surface area contributed by atoms with Crippen molar-refractivity contribution in [2.75, 3.05) is 45.9 Å². The van der Waals surface area contributed by atoms with Gasteiger partial charge in [-0.05, 0) is 37.1 Å². The third kappa shape index (κ3) is 8.36. The Morgan fingerprint density at radius 2 is 1.52 bits per heavy atom. The van der Waals surface area contributed by atoms with Crippen LogP contribution in [-0.2, 0) is 22.7 Å². The summed E-state index contributed by atoms with van der Waals surface area (Å²) in [5.74, 6) is 0.115. The molecule has 0 saturated carbocycles. The molecule has 1 amide bonds. The van der Waals surface area contributed by atoms with Gasteiger partial charge in [0.2, 0.25) is 5.91 Å². The number of ether oxygens (including phenoxy) is 1. The number of amides is 1. The van der Waals surface area contributed by atoms with Crippen LogP contribution in [0.1, 0.15) is 24.0 Å². The van der Waals surface area contributed by atoms with Gasteiger partial charge in [-0.2, -0.15) is 0 Å². The van der Waals surface area contributed by atoms with Crippen molar-refractivity contribution in [1.29, 1.82) is 0 Å². The molecule has 0 aliphatic carbocycles. The lowest BCUT2D eigenvalue weighted by molar-refractivity contribution is -0.122. The first-order valence-electron chi connectivity index (χ1n) is 10.7. The summed E-state index contributed by atoms with van der Waals surface area (Å²) in [7, 11) is 0. The molecule has 0 unspecified atom stereocenters. The zero-order chi connectivity index (χ0) is 20.2. The normalized spacial score (nSPS) is 15.7. The number of hydrogen-bond donors (Lipinski definition) is 1. The van der Waals surface area contributed by atoms with Crippen LogP contribution in [0.25, 0.3) is 0 Å². The third-order valence-corrected chi connectivity index (χ3v) is 5.20. The molecule has 5 nitrogen and oxygen atoms in total. The van der Waals surface area contributed by atoms with E-state index in [9.17, 15) is 4.79 Å². The quantitative estimate of drug-likeness (QED) is 0.629. The van der Waals surface area contributed by atoms with Gasteiger partial charge >= 0.3 is 0 Å². The maximum atomic E-state index is 12.2. The Kier molecular flexibility index (Phi) is 9.17. The average Bonchev–Trinajstić information content (AvgIpc) is 2.97. The molecule has 0 aromatic heterocycles. The summed E-state index contributed by atoms with van der Waals surface area (Å²) in [5, 5.41) is 3.03. The lowest BCUT2D eigenvalue weighted by Gasteiger charge is -2.21. The van der Waals surface area contributed by atoms with Crippen LogP contribution in [-0.4, -0.2) is 61.6 Å². The second kappa shape index (κ2) is 12.4. The van der Waals surface area contributed by atoms with Crippen LogP contribution in [0.4, 0.5) is 0 Å². The molecular formula is C24H33N3O2. The molecule has 1 heterocycles. The van der Waals surface area contributed by atoms with Crippen molar-refractivity contribution in [2.45, 2.75) is 26.0 Å². The SMILES string of the molecule is O=C(CN1CCCN(Cc2ccccc2)CC1)NCCCOCc1ccccc1. The molecule has 29 heavy (non-hydrogen) atoms. The number of hydrogen-bond acceptors (Lipinski definition) is 4. The van der Waals surface area contributed by atoms with Crippen LogP contribution < -0.4 is 5.32 Å². The van der Waals surface area contributed by atoms with E-state index in [1.165, 1.54) is 11.1 Å². The minimum Gasteiger partial charge on any atom is -0.377 e. The van der Waals surface area contributed by atoms with Gasteiger partial charge in [0.05, 0.1) is 13.2 Å². The first kappa shape index (κ1) is 21.5. The van der Waals surface area contributed by atoms with Gasteiger partial charge in [0.15, 0.2) is 0 Å². The topological polar surface area (TPSA) is 44.8 Å². The van der Waals surface area contributed by atoms with E-state index in [0.29, 0.717) is 26.3 Å². The molecule has 0 radical (unpaired) electrons. The van der Waals surface area contributed by atoms with Crippen molar-refractivity contribution < 1.29 is 9.53 Å². The highest BCUT2D eigenvalue weighted by Crippen LogP contribution is 2.08. The molecule has 1 aliphatic rings.